The van der Waals surface area contributed by atoms with Gasteiger partial charge in [-0.15, -0.1) is 0 Å². The topological polar surface area (TPSA) is 54.3 Å². The predicted octanol–water partition coefficient (Wildman–Crippen LogP) is 5.54. The summed E-state index contributed by atoms with van der Waals surface area (Å²) >= 11 is 0. The van der Waals surface area contributed by atoms with E-state index in [-0.39, 0.29) is 24.0 Å². The summed E-state index contributed by atoms with van der Waals surface area (Å²) in [4.78, 5) is 26.9. The largest absolute Gasteiger partial charge is 0.340 e. The average molecular weight is 454 g/mol. The first-order chi connectivity index (χ1) is 16.4. The molecule has 4 aromatic rings. The van der Waals surface area contributed by atoms with Crippen molar-refractivity contribution >= 4 is 28.9 Å². The Morgan fingerprint density at radius 2 is 1.59 bits per heavy atom. The fourth-order valence-electron chi connectivity index (χ4n) is 4.38. The molecule has 0 radical (unpaired) electrons. The Kier molecular flexibility index (Phi) is 5.49. The standard InChI is InChI=1S/C28H24FN3O2/c1-18-11-13-20(14-12-18)16-32-27(33)25(30-28(32)34)15-23-19(2)31(26-10-6-4-8-22(23)26)17-21-7-3-5-9-24(21)29/h3-15H,16-17H2,1-2H3,(H,30,34)/b25-15+. The molecule has 1 fully saturated rings. The van der Waals surface area contributed by atoms with Crippen LogP contribution in [-0.4, -0.2) is 21.4 Å². The van der Waals surface area contributed by atoms with Gasteiger partial charge in [0.2, 0.25) is 0 Å². The van der Waals surface area contributed by atoms with Crippen molar-refractivity contribution in [3.8, 4) is 0 Å². The lowest BCUT2D eigenvalue weighted by atomic mass is 10.1. The van der Waals surface area contributed by atoms with Gasteiger partial charge in [-0.25, -0.2) is 9.18 Å². The van der Waals surface area contributed by atoms with Crippen LogP contribution >= 0.6 is 0 Å². The van der Waals surface area contributed by atoms with Crippen molar-refractivity contribution in [3.63, 3.8) is 0 Å². The number of aromatic nitrogens is 1. The van der Waals surface area contributed by atoms with Gasteiger partial charge in [0, 0.05) is 27.7 Å². The van der Waals surface area contributed by atoms with Gasteiger partial charge in [0.25, 0.3) is 5.91 Å². The molecule has 1 N–H and O–H groups in total. The molecule has 3 amide bonds. The monoisotopic (exact) mass is 453 g/mol. The second-order valence-electron chi connectivity index (χ2n) is 8.56. The van der Waals surface area contributed by atoms with E-state index in [0.717, 1.165) is 33.3 Å². The minimum atomic E-state index is -0.440. The number of hydrogen-bond donors (Lipinski definition) is 1. The predicted molar refractivity (Wildman–Crippen MR) is 130 cm³/mol. The van der Waals surface area contributed by atoms with Crippen molar-refractivity contribution < 1.29 is 14.0 Å². The van der Waals surface area contributed by atoms with Crippen LogP contribution in [0.3, 0.4) is 0 Å². The van der Waals surface area contributed by atoms with E-state index in [1.165, 1.54) is 11.0 Å². The number of rotatable bonds is 5. The molecule has 0 unspecified atom stereocenters. The van der Waals surface area contributed by atoms with Gasteiger partial charge < -0.3 is 9.88 Å². The Morgan fingerprint density at radius 1 is 0.882 bits per heavy atom. The minimum absolute atomic E-state index is 0.205. The lowest BCUT2D eigenvalue weighted by Gasteiger charge is -2.11. The van der Waals surface area contributed by atoms with Crippen LogP contribution in [0, 0.1) is 19.7 Å². The minimum Gasteiger partial charge on any atom is -0.340 e. The second kappa shape index (κ2) is 8.63. The van der Waals surface area contributed by atoms with Crippen molar-refractivity contribution in [2.24, 2.45) is 0 Å². The first-order valence-corrected chi connectivity index (χ1v) is 11.1. The smallest absolute Gasteiger partial charge is 0.329 e. The normalized spacial score (nSPS) is 14.9. The number of imide groups is 1. The number of halogens is 1. The number of aryl methyl sites for hydroxylation is 1. The van der Waals surface area contributed by atoms with Crippen LogP contribution in [0.5, 0.6) is 0 Å². The Balaban J connectivity index is 1.51. The third-order valence-electron chi connectivity index (χ3n) is 6.28. The average Bonchev–Trinajstić information content (AvgIpc) is 3.25. The van der Waals surface area contributed by atoms with E-state index in [0.29, 0.717) is 12.1 Å². The summed E-state index contributed by atoms with van der Waals surface area (Å²) in [6.45, 7) is 4.50. The summed E-state index contributed by atoms with van der Waals surface area (Å²) in [5.41, 5.74) is 5.46. The second-order valence-corrected chi connectivity index (χ2v) is 8.56. The third kappa shape index (κ3) is 3.88. The zero-order valence-corrected chi connectivity index (χ0v) is 19.0. The fraction of sp³-hybridized carbons (Fsp3) is 0.143. The van der Waals surface area contributed by atoms with Gasteiger partial charge in [-0.3, -0.25) is 9.69 Å². The zero-order chi connectivity index (χ0) is 23.8. The highest BCUT2D eigenvalue weighted by molar-refractivity contribution is 6.14. The number of hydrogen-bond acceptors (Lipinski definition) is 2. The van der Waals surface area contributed by atoms with Crippen molar-refractivity contribution in [2.75, 3.05) is 0 Å². The maximum atomic E-state index is 14.4. The lowest BCUT2D eigenvalue weighted by molar-refractivity contribution is -0.123. The summed E-state index contributed by atoms with van der Waals surface area (Å²) in [6.07, 6.45) is 1.73. The van der Waals surface area contributed by atoms with Gasteiger partial charge in [0.05, 0.1) is 13.1 Å². The first kappa shape index (κ1) is 21.6. The van der Waals surface area contributed by atoms with Crippen molar-refractivity contribution in [2.45, 2.75) is 26.9 Å². The van der Waals surface area contributed by atoms with Gasteiger partial charge >= 0.3 is 6.03 Å². The number of urea groups is 1. The SMILES string of the molecule is Cc1ccc(CN2C(=O)N/C(=C/c3c(C)n(Cc4ccccc4F)c4ccccc34)C2=O)cc1. The van der Waals surface area contributed by atoms with Gasteiger partial charge in [-0.1, -0.05) is 66.2 Å². The maximum absolute atomic E-state index is 14.4. The van der Waals surface area contributed by atoms with Crippen LogP contribution < -0.4 is 5.32 Å². The molecule has 3 aromatic carbocycles. The van der Waals surface area contributed by atoms with Gasteiger partial charge in [0.1, 0.15) is 11.5 Å². The van der Waals surface area contributed by atoms with E-state index in [2.05, 4.69) is 5.32 Å². The molecule has 1 saturated heterocycles. The van der Waals surface area contributed by atoms with E-state index in [1.54, 1.807) is 18.2 Å². The summed E-state index contributed by atoms with van der Waals surface area (Å²) in [6, 6.07) is 21.8. The quantitative estimate of drug-likeness (QED) is 0.319. The molecule has 6 heteroatoms. The molecule has 5 rings (SSSR count). The van der Waals surface area contributed by atoms with Crippen LogP contribution in [0.15, 0.2) is 78.5 Å². The van der Waals surface area contributed by atoms with Crippen molar-refractivity contribution in [3.05, 3.63) is 112 Å². The molecule has 1 aliphatic rings. The number of carbonyl (C=O) groups excluding carboxylic acids is 2. The third-order valence-corrected chi connectivity index (χ3v) is 6.28. The van der Waals surface area contributed by atoms with Gasteiger partial charge in [-0.2, -0.15) is 0 Å². The summed E-state index contributed by atoms with van der Waals surface area (Å²) in [5.74, 6) is -0.625. The highest BCUT2D eigenvalue weighted by atomic mass is 19.1. The molecule has 170 valence electrons. The number of para-hydroxylation sites is 1. The number of nitrogens with one attached hydrogen (secondary N) is 1. The number of benzene rings is 3. The summed E-state index contributed by atoms with van der Waals surface area (Å²) in [5, 5.41) is 3.66. The molecule has 0 spiro atoms. The van der Waals surface area contributed by atoms with Crippen LogP contribution in [0.2, 0.25) is 0 Å². The van der Waals surface area contributed by atoms with E-state index in [9.17, 15) is 14.0 Å². The van der Waals surface area contributed by atoms with Crippen LogP contribution in [-0.2, 0) is 17.9 Å². The highest BCUT2D eigenvalue weighted by Crippen LogP contribution is 2.30. The molecule has 0 saturated carbocycles. The number of amides is 3. The molecule has 1 aromatic heterocycles. The van der Waals surface area contributed by atoms with E-state index >= 15 is 0 Å². The molecular formula is C28H24FN3O2. The Bertz CT molecular complexity index is 1450. The lowest BCUT2D eigenvalue weighted by Crippen LogP contribution is -2.30. The van der Waals surface area contributed by atoms with Crippen LogP contribution in [0.1, 0.15) is 27.9 Å². The van der Waals surface area contributed by atoms with Crippen LogP contribution in [0.25, 0.3) is 17.0 Å². The first-order valence-electron chi connectivity index (χ1n) is 11.1. The van der Waals surface area contributed by atoms with Crippen LogP contribution in [0.4, 0.5) is 9.18 Å². The van der Waals surface area contributed by atoms with E-state index in [1.807, 2.05) is 73.0 Å². The van der Waals surface area contributed by atoms with E-state index in [4.69, 9.17) is 0 Å². The number of nitrogens with zero attached hydrogens (tertiary/aromatic N) is 2. The molecule has 0 bridgehead atoms. The molecule has 34 heavy (non-hydrogen) atoms. The molecule has 0 aliphatic carbocycles. The Labute approximate surface area is 197 Å². The van der Waals surface area contributed by atoms with Crippen molar-refractivity contribution in [1.29, 1.82) is 0 Å². The van der Waals surface area contributed by atoms with Crippen molar-refractivity contribution in [1.82, 2.24) is 14.8 Å². The molecule has 2 heterocycles. The molecule has 0 atom stereocenters. The Morgan fingerprint density at radius 3 is 2.35 bits per heavy atom. The maximum Gasteiger partial charge on any atom is 0.329 e. The van der Waals surface area contributed by atoms with Gasteiger partial charge in [-0.05, 0) is 37.6 Å². The zero-order valence-electron chi connectivity index (χ0n) is 19.0. The fourth-order valence-corrected chi connectivity index (χ4v) is 4.38. The molecule has 5 nitrogen and oxygen atoms in total. The molecular weight excluding hydrogens is 429 g/mol. The molecule has 1 aliphatic heterocycles. The Hall–Kier alpha value is -4.19. The number of fused-ring (bicyclic) bond motifs is 1. The van der Waals surface area contributed by atoms with E-state index < -0.39 is 6.03 Å². The van der Waals surface area contributed by atoms with Gasteiger partial charge in [0.15, 0.2) is 0 Å². The summed E-state index contributed by atoms with van der Waals surface area (Å²) < 4.78 is 16.4. The highest BCUT2D eigenvalue weighted by Gasteiger charge is 2.34. The summed E-state index contributed by atoms with van der Waals surface area (Å²) in [7, 11) is 0. The number of carbonyl (C=O) groups is 2.